The number of carbonyl (C=O) groups excluding carboxylic acids is 1. The van der Waals surface area contributed by atoms with Gasteiger partial charge in [0.25, 0.3) is 0 Å². The highest BCUT2D eigenvalue weighted by atomic mass is 32.2. The molecule has 0 aromatic rings. The minimum absolute atomic E-state index is 0.0193. The number of hydrogen-bond acceptors (Lipinski definition) is 4. The van der Waals surface area contributed by atoms with Crippen molar-refractivity contribution >= 4 is 21.8 Å². The molecule has 0 aliphatic carbocycles. The number of nitrogens with one attached hydrogen (secondary N) is 2. The third-order valence-electron chi connectivity index (χ3n) is 3.08. The van der Waals surface area contributed by atoms with Crippen molar-refractivity contribution in [3.8, 4) is 0 Å². The maximum absolute atomic E-state index is 11.7. The van der Waals surface area contributed by atoms with Crippen molar-refractivity contribution in [3.63, 3.8) is 0 Å². The van der Waals surface area contributed by atoms with Gasteiger partial charge in [-0.1, -0.05) is 13.8 Å². The van der Waals surface area contributed by atoms with Crippen molar-refractivity contribution in [2.75, 3.05) is 11.5 Å². The quantitative estimate of drug-likeness (QED) is 0.659. The van der Waals surface area contributed by atoms with E-state index in [2.05, 4.69) is 10.6 Å². The number of amides is 2. The van der Waals surface area contributed by atoms with Gasteiger partial charge in [-0.25, -0.2) is 13.2 Å². The van der Waals surface area contributed by atoms with Gasteiger partial charge in [0, 0.05) is 12.1 Å². The average Bonchev–Trinajstić information content (AvgIpc) is 2.56. The molecule has 2 unspecified atom stereocenters. The van der Waals surface area contributed by atoms with Gasteiger partial charge in [-0.3, -0.25) is 4.79 Å². The molecule has 1 heterocycles. The van der Waals surface area contributed by atoms with E-state index in [0.29, 0.717) is 6.42 Å². The molecule has 1 fully saturated rings. The summed E-state index contributed by atoms with van der Waals surface area (Å²) in [4.78, 5) is 22.4. The number of carboxylic acid groups (broad SMARTS) is 1. The molecule has 0 saturated carbocycles. The number of aliphatic carboxylic acids is 1. The minimum Gasteiger partial charge on any atom is -0.481 e. The fourth-order valence-electron chi connectivity index (χ4n) is 1.95. The zero-order valence-electron chi connectivity index (χ0n) is 11.0. The number of carboxylic acids is 1. The van der Waals surface area contributed by atoms with Crippen LogP contribution in [0, 0.1) is 5.92 Å². The Balaban J connectivity index is 2.47. The van der Waals surface area contributed by atoms with E-state index in [9.17, 15) is 18.0 Å². The van der Waals surface area contributed by atoms with Gasteiger partial charge in [-0.15, -0.1) is 0 Å². The molecule has 0 radical (unpaired) electrons. The van der Waals surface area contributed by atoms with Crippen LogP contribution in [-0.2, 0) is 14.6 Å². The Kier molecular flexibility index (Phi) is 5.16. The molecular formula is C11H20N2O5S. The normalized spacial score (nSPS) is 23.0. The summed E-state index contributed by atoms with van der Waals surface area (Å²) in [6, 6.07) is -1.37. The predicted molar refractivity (Wildman–Crippen MR) is 69.6 cm³/mol. The van der Waals surface area contributed by atoms with Crippen molar-refractivity contribution in [2.45, 2.75) is 38.8 Å². The fourth-order valence-corrected chi connectivity index (χ4v) is 3.62. The summed E-state index contributed by atoms with van der Waals surface area (Å²) >= 11 is 0. The van der Waals surface area contributed by atoms with Crippen molar-refractivity contribution in [3.05, 3.63) is 0 Å². The van der Waals surface area contributed by atoms with Gasteiger partial charge in [0.1, 0.15) is 0 Å². The SMILES string of the molecule is CC(C)C(CC(=O)O)NC(=O)NC1CCS(=O)(=O)C1. The standard InChI is InChI=1S/C11H20N2O5S/c1-7(2)9(5-10(14)15)13-11(16)12-8-3-4-19(17,18)6-8/h7-9H,3-6H2,1-2H3,(H,14,15)(H2,12,13,16). The highest BCUT2D eigenvalue weighted by Gasteiger charge is 2.29. The lowest BCUT2D eigenvalue weighted by atomic mass is 10.0. The van der Waals surface area contributed by atoms with Crippen LogP contribution in [-0.4, -0.2) is 49.1 Å². The van der Waals surface area contributed by atoms with Crippen molar-refractivity contribution in [2.24, 2.45) is 5.92 Å². The first-order chi connectivity index (χ1) is 8.69. The number of carbonyl (C=O) groups is 2. The van der Waals surface area contributed by atoms with Crippen LogP contribution in [0.15, 0.2) is 0 Å². The van der Waals surface area contributed by atoms with Crippen LogP contribution in [0.1, 0.15) is 26.7 Å². The third kappa shape index (κ3) is 5.46. The lowest BCUT2D eigenvalue weighted by Gasteiger charge is -2.22. The number of hydrogen-bond donors (Lipinski definition) is 3. The summed E-state index contributed by atoms with van der Waals surface area (Å²) in [5.74, 6) is -0.969. The summed E-state index contributed by atoms with van der Waals surface area (Å²) in [5, 5.41) is 13.9. The molecule has 7 nitrogen and oxygen atoms in total. The molecule has 1 aliphatic rings. The molecular weight excluding hydrogens is 272 g/mol. The first-order valence-corrected chi connectivity index (χ1v) is 8.01. The molecule has 0 aromatic carbocycles. The topological polar surface area (TPSA) is 113 Å². The largest absolute Gasteiger partial charge is 0.481 e. The van der Waals surface area contributed by atoms with E-state index >= 15 is 0 Å². The second-order valence-corrected chi connectivity index (χ2v) is 7.39. The highest BCUT2D eigenvalue weighted by Crippen LogP contribution is 2.11. The fraction of sp³-hybridized carbons (Fsp3) is 0.818. The number of sulfone groups is 1. The van der Waals surface area contributed by atoms with Gasteiger partial charge in [0.15, 0.2) is 9.84 Å². The molecule has 0 aromatic heterocycles. The molecule has 0 bridgehead atoms. The van der Waals surface area contributed by atoms with Crippen molar-refractivity contribution in [1.82, 2.24) is 10.6 Å². The Morgan fingerprint density at radius 3 is 2.42 bits per heavy atom. The lowest BCUT2D eigenvalue weighted by molar-refractivity contribution is -0.137. The molecule has 8 heteroatoms. The molecule has 110 valence electrons. The van der Waals surface area contributed by atoms with E-state index < -0.39 is 27.9 Å². The van der Waals surface area contributed by atoms with Gasteiger partial charge in [0.2, 0.25) is 0 Å². The predicted octanol–water partition coefficient (Wildman–Crippen LogP) is -0.0280. The van der Waals surface area contributed by atoms with Crippen molar-refractivity contribution in [1.29, 1.82) is 0 Å². The molecule has 2 atom stereocenters. The van der Waals surface area contributed by atoms with Gasteiger partial charge >= 0.3 is 12.0 Å². The van der Waals surface area contributed by atoms with Gasteiger partial charge in [-0.2, -0.15) is 0 Å². The lowest BCUT2D eigenvalue weighted by Crippen LogP contribution is -2.48. The van der Waals surface area contributed by atoms with Crippen LogP contribution >= 0.6 is 0 Å². The Hall–Kier alpha value is -1.31. The van der Waals surface area contributed by atoms with E-state index in [4.69, 9.17) is 5.11 Å². The summed E-state index contributed by atoms with van der Waals surface area (Å²) in [7, 11) is -3.04. The van der Waals surface area contributed by atoms with E-state index in [1.165, 1.54) is 0 Å². The van der Waals surface area contributed by atoms with Crippen LogP contribution < -0.4 is 10.6 Å². The third-order valence-corrected chi connectivity index (χ3v) is 4.85. The Morgan fingerprint density at radius 1 is 1.37 bits per heavy atom. The maximum atomic E-state index is 11.7. The van der Waals surface area contributed by atoms with E-state index in [1.807, 2.05) is 13.8 Å². The van der Waals surface area contributed by atoms with E-state index in [-0.39, 0.29) is 29.9 Å². The van der Waals surface area contributed by atoms with Crippen LogP contribution in [0.5, 0.6) is 0 Å². The summed E-state index contributed by atoms with van der Waals surface area (Å²) in [6.07, 6.45) is 0.245. The second-order valence-electron chi connectivity index (χ2n) is 5.17. The van der Waals surface area contributed by atoms with Gasteiger partial charge in [0.05, 0.1) is 17.9 Å². The first-order valence-electron chi connectivity index (χ1n) is 6.19. The second kappa shape index (κ2) is 6.23. The van der Waals surface area contributed by atoms with Gasteiger partial charge in [-0.05, 0) is 12.3 Å². The smallest absolute Gasteiger partial charge is 0.315 e. The van der Waals surface area contributed by atoms with Crippen LogP contribution in [0.3, 0.4) is 0 Å². The number of urea groups is 1. The number of rotatable bonds is 5. The molecule has 1 aliphatic heterocycles. The Labute approximate surface area is 112 Å². The molecule has 2 amide bonds. The Morgan fingerprint density at radius 2 is 2.00 bits per heavy atom. The maximum Gasteiger partial charge on any atom is 0.315 e. The summed E-state index contributed by atoms with van der Waals surface area (Å²) < 4.78 is 22.5. The summed E-state index contributed by atoms with van der Waals surface area (Å²) in [5.41, 5.74) is 0. The van der Waals surface area contributed by atoms with Crippen LogP contribution in [0.2, 0.25) is 0 Å². The molecule has 1 saturated heterocycles. The molecule has 3 N–H and O–H groups in total. The monoisotopic (exact) mass is 292 g/mol. The average molecular weight is 292 g/mol. The van der Waals surface area contributed by atoms with Crippen LogP contribution in [0.25, 0.3) is 0 Å². The molecule has 0 spiro atoms. The van der Waals surface area contributed by atoms with Gasteiger partial charge < -0.3 is 15.7 Å². The van der Waals surface area contributed by atoms with Crippen LogP contribution in [0.4, 0.5) is 4.79 Å². The van der Waals surface area contributed by atoms with E-state index in [0.717, 1.165) is 0 Å². The Bertz CT molecular complexity index is 446. The van der Waals surface area contributed by atoms with E-state index in [1.54, 1.807) is 0 Å². The molecule has 19 heavy (non-hydrogen) atoms. The van der Waals surface area contributed by atoms with Crippen molar-refractivity contribution < 1.29 is 23.1 Å². The molecule has 1 rings (SSSR count). The highest BCUT2D eigenvalue weighted by molar-refractivity contribution is 7.91. The minimum atomic E-state index is -3.04. The zero-order chi connectivity index (χ0) is 14.6. The first kappa shape index (κ1) is 15.7. The summed E-state index contributed by atoms with van der Waals surface area (Å²) in [6.45, 7) is 3.63. The zero-order valence-corrected chi connectivity index (χ0v) is 11.9.